The molecule has 0 aromatic heterocycles. The van der Waals surface area contributed by atoms with Crippen molar-refractivity contribution in [2.75, 3.05) is 13.1 Å². The van der Waals surface area contributed by atoms with Crippen molar-refractivity contribution in [3.8, 4) is 0 Å². The van der Waals surface area contributed by atoms with Crippen molar-refractivity contribution in [3.63, 3.8) is 0 Å². The van der Waals surface area contributed by atoms with E-state index >= 15 is 0 Å². The molecule has 3 N–H and O–H groups in total. The van der Waals surface area contributed by atoms with Gasteiger partial charge in [0.05, 0.1) is 0 Å². The predicted octanol–water partition coefficient (Wildman–Crippen LogP) is 2.19. The molecule has 1 unspecified atom stereocenters. The van der Waals surface area contributed by atoms with Gasteiger partial charge in [0.25, 0.3) is 0 Å². The van der Waals surface area contributed by atoms with E-state index in [4.69, 9.17) is 5.73 Å². The summed E-state index contributed by atoms with van der Waals surface area (Å²) in [6.07, 6.45) is 11.5. The summed E-state index contributed by atoms with van der Waals surface area (Å²) in [5.74, 6) is 0.937. The molecule has 1 atom stereocenters. The summed E-state index contributed by atoms with van der Waals surface area (Å²) in [6, 6.07) is 0.514. The standard InChI is InChI=1S/C19H33N3O2/c20-13-17-7-3-4-12-22(17)19(24)15-8-10-16(11-9-15)21-18(23)14-5-1-2-6-14/h14-17H,1-13,20H2,(H,21,23). The second-order valence-corrected chi connectivity index (χ2v) is 7.96. The third-order valence-electron chi connectivity index (χ3n) is 6.33. The number of nitrogens with zero attached hydrogens (tertiary/aromatic N) is 1. The highest BCUT2D eigenvalue weighted by Gasteiger charge is 2.34. The van der Waals surface area contributed by atoms with Gasteiger partial charge in [-0.3, -0.25) is 9.59 Å². The first-order valence-corrected chi connectivity index (χ1v) is 10.00. The predicted molar refractivity (Wildman–Crippen MR) is 94.3 cm³/mol. The molecule has 1 aliphatic heterocycles. The van der Waals surface area contributed by atoms with E-state index in [0.29, 0.717) is 12.5 Å². The molecule has 2 amide bonds. The summed E-state index contributed by atoms with van der Waals surface area (Å²) in [5.41, 5.74) is 5.86. The molecule has 1 saturated heterocycles. The lowest BCUT2D eigenvalue weighted by molar-refractivity contribution is -0.140. The van der Waals surface area contributed by atoms with Crippen LogP contribution in [-0.2, 0) is 9.59 Å². The van der Waals surface area contributed by atoms with Crippen LogP contribution in [0.2, 0.25) is 0 Å². The van der Waals surface area contributed by atoms with Crippen molar-refractivity contribution in [3.05, 3.63) is 0 Å². The number of amides is 2. The van der Waals surface area contributed by atoms with E-state index in [1.54, 1.807) is 0 Å². The monoisotopic (exact) mass is 335 g/mol. The first kappa shape index (κ1) is 17.7. The molecule has 24 heavy (non-hydrogen) atoms. The SMILES string of the molecule is NCC1CCCCN1C(=O)C1CCC(NC(=O)C2CCCC2)CC1. The number of piperidine rings is 1. The first-order chi connectivity index (χ1) is 11.7. The van der Waals surface area contributed by atoms with E-state index in [9.17, 15) is 9.59 Å². The van der Waals surface area contributed by atoms with Gasteiger partial charge in [-0.1, -0.05) is 12.8 Å². The number of nitrogens with two attached hydrogens (primary N) is 1. The molecule has 136 valence electrons. The fraction of sp³-hybridized carbons (Fsp3) is 0.895. The van der Waals surface area contributed by atoms with Gasteiger partial charge in [-0.15, -0.1) is 0 Å². The maximum atomic E-state index is 12.8. The van der Waals surface area contributed by atoms with Crippen LogP contribution in [0.1, 0.15) is 70.6 Å². The summed E-state index contributed by atoms with van der Waals surface area (Å²) >= 11 is 0. The maximum Gasteiger partial charge on any atom is 0.225 e. The number of nitrogens with one attached hydrogen (secondary N) is 1. The van der Waals surface area contributed by atoms with Gasteiger partial charge in [-0.25, -0.2) is 0 Å². The lowest BCUT2D eigenvalue weighted by Crippen LogP contribution is -2.50. The van der Waals surface area contributed by atoms with Crippen molar-refractivity contribution in [1.82, 2.24) is 10.2 Å². The summed E-state index contributed by atoms with van der Waals surface area (Å²) < 4.78 is 0. The fourth-order valence-electron chi connectivity index (χ4n) is 4.76. The number of carbonyl (C=O) groups excluding carboxylic acids is 2. The van der Waals surface area contributed by atoms with Crippen molar-refractivity contribution >= 4 is 11.8 Å². The van der Waals surface area contributed by atoms with Crippen LogP contribution in [-0.4, -0.2) is 41.9 Å². The Morgan fingerprint density at radius 2 is 1.54 bits per heavy atom. The van der Waals surface area contributed by atoms with Gasteiger partial charge < -0.3 is 16.0 Å². The van der Waals surface area contributed by atoms with E-state index in [1.807, 2.05) is 4.90 Å². The maximum absolute atomic E-state index is 12.8. The average molecular weight is 335 g/mol. The Labute approximate surface area is 145 Å². The minimum atomic E-state index is 0.136. The van der Waals surface area contributed by atoms with E-state index in [-0.39, 0.29) is 29.8 Å². The molecule has 5 heteroatoms. The molecule has 3 aliphatic rings. The minimum Gasteiger partial charge on any atom is -0.353 e. The molecule has 0 bridgehead atoms. The lowest BCUT2D eigenvalue weighted by atomic mass is 9.84. The van der Waals surface area contributed by atoms with Gasteiger partial charge in [0.1, 0.15) is 0 Å². The Kier molecular flexibility index (Phi) is 6.14. The smallest absolute Gasteiger partial charge is 0.225 e. The fourth-order valence-corrected chi connectivity index (χ4v) is 4.76. The zero-order valence-electron chi connectivity index (χ0n) is 14.8. The third kappa shape index (κ3) is 4.11. The summed E-state index contributed by atoms with van der Waals surface area (Å²) in [6.45, 7) is 1.46. The van der Waals surface area contributed by atoms with Gasteiger partial charge in [0.15, 0.2) is 0 Å². The van der Waals surface area contributed by atoms with Gasteiger partial charge in [0.2, 0.25) is 11.8 Å². The van der Waals surface area contributed by atoms with Crippen LogP contribution in [0.25, 0.3) is 0 Å². The van der Waals surface area contributed by atoms with Crippen molar-refractivity contribution in [1.29, 1.82) is 0 Å². The Balaban J connectivity index is 1.45. The normalized spacial score (nSPS) is 31.9. The van der Waals surface area contributed by atoms with Crippen LogP contribution in [0.4, 0.5) is 0 Å². The highest BCUT2D eigenvalue weighted by molar-refractivity contribution is 5.80. The van der Waals surface area contributed by atoms with Crippen molar-refractivity contribution in [2.45, 2.75) is 82.7 Å². The second-order valence-electron chi connectivity index (χ2n) is 7.96. The highest BCUT2D eigenvalue weighted by Crippen LogP contribution is 2.30. The van der Waals surface area contributed by atoms with Gasteiger partial charge >= 0.3 is 0 Å². The zero-order valence-corrected chi connectivity index (χ0v) is 14.8. The van der Waals surface area contributed by atoms with Gasteiger partial charge in [-0.2, -0.15) is 0 Å². The third-order valence-corrected chi connectivity index (χ3v) is 6.33. The number of carbonyl (C=O) groups is 2. The number of rotatable bonds is 4. The zero-order chi connectivity index (χ0) is 16.9. The number of hydrogen-bond acceptors (Lipinski definition) is 3. The van der Waals surface area contributed by atoms with Crippen LogP contribution < -0.4 is 11.1 Å². The van der Waals surface area contributed by atoms with Crippen molar-refractivity contribution in [2.24, 2.45) is 17.6 Å². The molecule has 5 nitrogen and oxygen atoms in total. The van der Waals surface area contributed by atoms with Gasteiger partial charge in [0, 0.05) is 37.0 Å². The van der Waals surface area contributed by atoms with Crippen molar-refractivity contribution < 1.29 is 9.59 Å². The molecule has 1 heterocycles. The van der Waals surface area contributed by atoms with E-state index in [0.717, 1.165) is 57.9 Å². The Morgan fingerprint density at radius 1 is 0.875 bits per heavy atom. The largest absolute Gasteiger partial charge is 0.353 e. The quantitative estimate of drug-likeness (QED) is 0.827. The minimum absolute atomic E-state index is 0.136. The highest BCUT2D eigenvalue weighted by atomic mass is 16.2. The van der Waals surface area contributed by atoms with Crippen LogP contribution in [0, 0.1) is 11.8 Å². The molecule has 0 spiro atoms. The molecule has 0 aromatic carbocycles. The summed E-state index contributed by atoms with van der Waals surface area (Å²) in [4.78, 5) is 27.1. The topological polar surface area (TPSA) is 75.4 Å². The van der Waals surface area contributed by atoms with E-state index in [2.05, 4.69) is 5.32 Å². The van der Waals surface area contributed by atoms with E-state index < -0.39 is 0 Å². The Hall–Kier alpha value is -1.10. The van der Waals surface area contributed by atoms with E-state index in [1.165, 1.54) is 19.3 Å². The molecule has 0 radical (unpaired) electrons. The van der Waals surface area contributed by atoms with Gasteiger partial charge in [-0.05, 0) is 57.8 Å². The molecule has 3 rings (SSSR count). The number of hydrogen-bond donors (Lipinski definition) is 2. The Morgan fingerprint density at radius 3 is 2.21 bits per heavy atom. The molecular weight excluding hydrogens is 302 g/mol. The molecule has 0 aromatic rings. The summed E-state index contributed by atoms with van der Waals surface area (Å²) in [7, 11) is 0. The second kappa shape index (κ2) is 8.32. The molecule has 2 saturated carbocycles. The molecule has 3 fully saturated rings. The summed E-state index contributed by atoms with van der Waals surface area (Å²) in [5, 5.41) is 3.24. The van der Waals surface area contributed by atoms with Crippen LogP contribution >= 0.6 is 0 Å². The lowest BCUT2D eigenvalue weighted by Gasteiger charge is -2.39. The molecule has 2 aliphatic carbocycles. The molecular formula is C19H33N3O2. The first-order valence-electron chi connectivity index (χ1n) is 10.00. The van der Waals surface area contributed by atoms with Crippen LogP contribution in [0.3, 0.4) is 0 Å². The average Bonchev–Trinajstić information content (AvgIpc) is 3.16. The van der Waals surface area contributed by atoms with Crippen LogP contribution in [0.15, 0.2) is 0 Å². The Bertz CT molecular complexity index is 440. The van der Waals surface area contributed by atoms with Crippen LogP contribution in [0.5, 0.6) is 0 Å². The number of likely N-dealkylation sites (tertiary alicyclic amines) is 1.